The van der Waals surface area contributed by atoms with Crippen molar-refractivity contribution >= 4 is 15.9 Å². The smallest absolute Gasteiger partial charge is 0.0846 e. The van der Waals surface area contributed by atoms with E-state index < -0.39 is 0 Å². The van der Waals surface area contributed by atoms with Crippen LogP contribution in [0.2, 0.25) is 0 Å². The molecule has 2 heterocycles. The standard InChI is InChI=1S/C17H19BrN2O/c1-19-15(17-14(18)7-4-9-20-17)11-16-13-6-3-2-5-12(13)8-10-21-16/h2-7,9,15-16,19H,8,10-11H2,1H3. The predicted octanol–water partition coefficient (Wildman–Crippen LogP) is 3.81. The number of hydrogen-bond acceptors (Lipinski definition) is 3. The molecule has 1 aromatic carbocycles. The lowest BCUT2D eigenvalue weighted by molar-refractivity contribution is 0.0295. The number of benzene rings is 1. The Bertz CT molecular complexity index is 617. The molecular weight excluding hydrogens is 328 g/mol. The third-order valence-electron chi connectivity index (χ3n) is 4.01. The lowest BCUT2D eigenvalue weighted by Crippen LogP contribution is -2.24. The van der Waals surface area contributed by atoms with Crippen LogP contribution < -0.4 is 5.32 Å². The van der Waals surface area contributed by atoms with Gasteiger partial charge in [-0.3, -0.25) is 4.98 Å². The van der Waals surface area contributed by atoms with Crippen molar-refractivity contribution in [1.29, 1.82) is 0 Å². The molecule has 2 atom stereocenters. The summed E-state index contributed by atoms with van der Waals surface area (Å²) in [5, 5.41) is 3.36. The lowest BCUT2D eigenvalue weighted by atomic mass is 9.92. The van der Waals surface area contributed by atoms with Crippen molar-refractivity contribution < 1.29 is 4.74 Å². The first-order valence-electron chi connectivity index (χ1n) is 7.26. The highest BCUT2D eigenvalue weighted by Gasteiger charge is 2.25. The molecule has 1 aliphatic rings. The third kappa shape index (κ3) is 3.18. The second-order valence-electron chi connectivity index (χ2n) is 5.26. The molecular formula is C17H19BrN2O. The zero-order valence-corrected chi connectivity index (χ0v) is 13.6. The monoisotopic (exact) mass is 346 g/mol. The molecule has 110 valence electrons. The summed E-state index contributed by atoms with van der Waals surface area (Å²) in [6.07, 6.45) is 3.84. The first kappa shape index (κ1) is 14.7. The summed E-state index contributed by atoms with van der Waals surface area (Å²) in [5.41, 5.74) is 3.76. The van der Waals surface area contributed by atoms with Crippen LogP contribution in [0, 0.1) is 0 Å². The highest BCUT2D eigenvalue weighted by molar-refractivity contribution is 9.10. The minimum Gasteiger partial charge on any atom is -0.373 e. The second-order valence-corrected chi connectivity index (χ2v) is 6.11. The van der Waals surface area contributed by atoms with E-state index in [0.717, 1.165) is 29.6 Å². The van der Waals surface area contributed by atoms with Crippen LogP contribution in [0.4, 0.5) is 0 Å². The van der Waals surface area contributed by atoms with Crippen LogP contribution in [-0.2, 0) is 11.2 Å². The van der Waals surface area contributed by atoms with Crippen molar-refractivity contribution in [2.45, 2.75) is 25.0 Å². The second kappa shape index (κ2) is 6.69. The minimum absolute atomic E-state index is 0.126. The number of nitrogens with one attached hydrogen (secondary N) is 1. The van der Waals surface area contributed by atoms with Gasteiger partial charge in [-0.15, -0.1) is 0 Å². The number of nitrogens with zero attached hydrogens (tertiary/aromatic N) is 1. The maximum absolute atomic E-state index is 6.02. The van der Waals surface area contributed by atoms with Gasteiger partial charge in [-0.05, 0) is 59.1 Å². The Balaban J connectivity index is 1.84. The Morgan fingerprint density at radius 3 is 3.00 bits per heavy atom. The molecule has 0 saturated carbocycles. The molecule has 3 nitrogen and oxygen atoms in total. The van der Waals surface area contributed by atoms with Crippen LogP contribution in [-0.4, -0.2) is 18.6 Å². The van der Waals surface area contributed by atoms with Crippen LogP contribution >= 0.6 is 15.9 Å². The van der Waals surface area contributed by atoms with E-state index in [1.807, 2.05) is 25.4 Å². The molecule has 3 rings (SSSR count). The number of pyridine rings is 1. The average molecular weight is 347 g/mol. The van der Waals surface area contributed by atoms with Gasteiger partial charge in [0.15, 0.2) is 0 Å². The largest absolute Gasteiger partial charge is 0.373 e. The fourth-order valence-corrected chi connectivity index (χ4v) is 3.44. The number of aromatic nitrogens is 1. The quantitative estimate of drug-likeness (QED) is 0.913. The van der Waals surface area contributed by atoms with Crippen molar-refractivity contribution in [2.24, 2.45) is 0 Å². The van der Waals surface area contributed by atoms with Crippen LogP contribution in [0.3, 0.4) is 0 Å². The number of hydrogen-bond donors (Lipinski definition) is 1. The van der Waals surface area contributed by atoms with Crippen molar-refractivity contribution in [3.05, 3.63) is 63.9 Å². The number of fused-ring (bicyclic) bond motifs is 1. The molecule has 21 heavy (non-hydrogen) atoms. The van der Waals surface area contributed by atoms with Gasteiger partial charge < -0.3 is 10.1 Å². The summed E-state index contributed by atoms with van der Waals surface area (Å²) < 4.78 is 7.05. The number of halogens is 1. The highest BCUT2D eigenvalue weighted by atomic mass is 79.9. The SMILES string of the molecule is CNC(CC1OCCc2ccccc21)c1ncccc1Br. The Morgan fingerprint density at radius 2 is 2.19 bits per heavy atom. The van der Waals surface area contributed by atoms with Gasteiger partial charge in [0.25, 0.3) is 0 Å². The normalized spacial score (nSPS) is 19.0. The Labute approximate surface area is 133 Å². The summed E-state index contributed by atoms with van der Waals surface area (Å²) in [6.45, 7) is 0.793. The Morgan fingerprint density at radius 1 is 1.33 bits per heavy atom. The molecule has 2 unspecified atom stereocenters. The summed E-state index contributed by atoms with van der Waals surface area (Å²) in [4.78, 5) is 4.51. The number of rotatable bonds is 4. The van der Waals surface area contributed by atoms with E-state index >= 15 is 0 Å². The molecule has 0 saturated heterocycles. The number of ether oxygens (including phenoxy) is 1. The van der Waals surface area contributed by atoms with E-state index in [4.69, 9.17) is 4.74 Å². The highest BCUT2D eigenvalue weighted by Crippen LogP contribution is 2.35. The van der Waals surface area contributed by atoms with E-state index in [9.17, 15) is 0 Å². The molecule has 2 aromatic rings. The van der Waals surface area contributed by atoms with Crippen molar-refractivity contribution in [3.63, 3.8) is 0 Å². The molecule has 0 amide bonds. The maximum Gasteiger partial charge on any atom is 0.0846 e. The van der Waals surface area contributed by atoms with Gasteiger partial charge in [0.1, 0.15) is 0 Å². The van der Waals surface area contributed by atoms with Crippen molar-refractivity contribution in [3.8, 4) is 0 Å². The Hall–Kier alpha value is -1.23. The average Bonchev–Trinajstić information content (AvgIpc) is 2.53. The van der Waals surface area contributed by atoms with Crippen molar-refractivity contribution in [2.75, 3.05) is 13.7 Å². The zero-order valence-electron chi connectivity index (χ0n) is 12.1. The van der Waals surface area contributed by atoms with Crippen molar-refractivity contribution in [1.82, 2.24) is 10.3 Å². The van der Waals surface area contributed by atoms with Gasteiger partial charge in [-0.25, -0.2) is 0 Å². The molecule has 1 aliphatic heterocycles. The molecule has 0 bridgehead atoms. The first-order valence-corrected chi connectivity index (χ1v) is 8.06. The molecule has 0 fully saturated rings. The molecule has 1 aromatic heterocycles. The summed E-state index contributed by atoms with van der Waals surface area (Å²) in [5.74, 6) is 0. The predicted molar refractivity (Wildman–Crippen MR) is 87.2 cm³/mol. The zero-order chi connectivity index (χ0) is 14.7. The minimum atomic E-state index is 0.126. The molecule has 0 radical (unpaired) electrons. The first-order chi connectivity index (χ1) is 10.3. The van der Waals surface area contributed by atoms with E-state index in [1.54, 1.807) is 0 Å². The van der Waals surface area contributed by atoms with Gasteiger partial charge in [-0.2, -0.15) is 0 Å². The van der Waals surface area contributed by atoms with Crippen LogP contribution in [0.15, 0.2) is 47.1 Å². The summed E-state index contributed by atoms with van der Waals surface area (Å²) in [6, 6.07) is 12.7. The molecule has 4 heteroatoms. The maximum atomic E-state index is 6.02. The fourth-order valence-electron chi connectivity index (χ4n) is 2.91. The van der Waals surface area contributed by atoms with Crippen LogP contribution in [0.5, 0.6) is 0 Å². The molecule has 0 spiro atoms. The topological polar surface area (TPSA) is 34.1 Å². The van der Waals surface area contributed by atoms with Gasteiger partial charge in [0.05, 0.1) is 24.4 Å². The van der Waals surface area contributed by atoms with E-state index in [0.29, 0.717) is 0 Å². The Kier molecular flexibility index (Phi) is 4.68. The van der Waals surface area contributed by atoms with E-state index in [-0.39, 0.29) is 12.1 Å². The van der Waals surface area contributed by atoms with Gasteiger partial charge in [0.2, 0.25) is 0 Å². The van der Waals surface area contributed by atoms with Crippen LogP contribution in [0.1, 0.15) is 35.4 Å². The molecule has 1 N–H and O–H groups in total. The van der Waals surface area contributed by atoms with E-state index in [1.165, 1.54) is 11.1 Å². The third-order valence-corrected chi connectivity index (χ3v) is 4.68. The fraction of sp³-hybridized carbons (Fsp3) is 0.353. The van der Waals surface area contributed by atoms with Gasteiger partial charge in [-0.1, -0.05) is 24.3 Å². The lowest BCUT2D eigenvalue weighted by Gasteiger charge is -2.29. The van der Waals surface area contributed by atoms with Gasteiger partial charge >= 0.3 is 0 Å². The summed E-state index contributed by atoms with van der Waals surface area (Å²) >= 11 is 3.59. The summed E-state index contributed by atoms with van der Waals surface area (Å²) in [7, 11) is 1.97. The molecule has 0 aliphatic carbocycles. The van der Waals surface area contributed by atoms with Crippen LogP contribution in [0.25, 0.3) is 0 Å². The van der Waals surface area contributed by atoms with Gasteiger partial charge in [0, 0.05) is 10.7 Å². The van der Waals surface area contributed by atoms with E-state index in [2.05, 4.69) is 50.5 Å².